The van der Waals surface area contributed by atoms with Gasteiger partial charge in [-0.1, -0.05) is 118 Å². The highest BCUT2D eigenvalue weighted by molar-refractivity contribution is 5.14. The van der Waals surface area contributed by atoms with Gasteiger partial charge in [-0.25, -0.2) is 0 Å². The molecule has 0 N–H and O–H groups in total. The summed E-state index contributed by atoms with van der Waals surface area (Å²) in [5.74, 6) is 2.76. The Bertz CT molecular complexity index is 317. The van der Waals surface area contributed by atoms with E-state index < -0.39 is 0 Å². The first-order chi connectivity index (χ1) is 11.6. The normalized spacial score (nSPS) is 13.9. The Labute approximate surface area is 154 Å². The molecule has 0 bridgehead atoms. The molecule has 0 aromatic heterocycles. The Morgan fingerprint density at radius 2 is 1.25 bits per heavy atom. The zero-order chi connectivity index (χ0) is 18.8. The monoisotopic (exact) mass is 334 g/mol. The Morgan fingerprint density at radius 3 is 1.67 bits per heavy atom. The van der Waals surface area contributed by atoms with Crippen LogP contribution in [0.3, 0.4) is 0 Å². The molecule has 0 radical (unpaired) electrons. The molecular weight excluding hydrogens is 288 g/mol. The molecule has 1 aromatic rings. The Balaban J connectivity index is 0. The summed E-state index contributed by atoms with van der Waals surface area (Å²) < 4.78 is 0. The van der Waals surface area contributed by atoms with Crippen LogP contribution >= 0.6 is 0 Å². The Morgan fingerprint density at radius 1 is 0.750 bits per heavy atom. The highest BCUT2D eigenvalue weighted by Crippen LogP contribution is 2.28. The summed E-state index contributed by atoms with van der Waals surface area (Å²) in [5.41, 5.74) is 1.44. The second-order valence-corrected chi connectivity index (χ2v) is 7.22. The van der Waals surface area contributed by atoms with Crippen LogP contribution < -0.4 is 0 Å². The van der Waals surface area contributed by atoms with E-state index >= 15 is 0 Å². The van der Waals surface area contributed by atoms with Gasteiger partial charge in [-0.15, -0.1) is 0 Å². The predicted octanol–water partition coefficient (Wildman–Crippen LogP) is 8.55. The molecule has 0 spiro atoms. The van der Waals surface area contributed by atoms with Gasteiger partial charge in [0.05, 0.1) is 0 Å². The van der Waals surface area contributed by atoms with Crippen LogP contribution in [0.5, 0.6) is 0 Å². The molecule has 1 aliphatic rings. The maximum absolute atomic E-state index is 2.34. The molecule has 0 atom stereocenters. The molecule has 0 heterocycles. The van der Waals surface area contributed by atoms with E-state index in [2.05, 4.69) is 58.0 Å². The van der Waals surface area contributed by atoms with Crippen LogP contribution in [0, 0.1) is 17.8 Å². The lowest BCUT2D eigenvalue weighted by molar-refractivity contribution is 0.305. The van der Waals surface area contributed by atoms with Gasteiger partial charge in [0.2, 0.25) is 0 Å². The van der Waals surface area contributed by atoms with Gasteiger partial charge in [0.15, 0.2) is 0 Å². The number of benzene rings is 1. The minimum atomic E-state index is 0.766. The van der Waals surface area contributed by atoms with Crippen molar-refractivity contribution in [2.75, 3.05) is 0 Å². The molecule has 0 nitrogen and oxygen atoms in total. The SMILES string of the molecule is CC.CC.CC(C)CC1CCCCC1.CC(C)Cc1ccccc1. The van der Waals surface area contributed by atoms with E-state index in [9.17, 15) is 0 Å². The van der Waals surface area contributed by atoms with Crippen molar-refractivity contribution in [1.29, 1.82) is 0 Å². The first-order valence-electron chi connectivity index (χ1n) is 10.6. The van der Waals surface area contributed by atoms with Crippen molar-refractivity contribution in [2.45, 2.75) is 100 Å². The molecule has 1 saturated carbocycles. The molecule has 142 valence electrons. The zero-order valence-electron chi connectivity index (χ0n) is 18.1. The largest absolute Gasteiger partial charge is 0.0683 e. The van der Waals surface area contributed by atoms with Gasteiger partial charge < -0.3 is 0 Å². The van der Waals surface area contributed by atoms with E-state index in [0.29, 0.717) is 0 Å². The number of hydrogen-bond donors (Lipinski definition) is 0. The molecule has 24 heavy (non-hydrogen) atoms. The highest BCUT2D eigenvalue weighted by atomic mass is 14.2. The van der Waals surface area contributed by atoms with Crippen LogP contribution in [0.2, 0.25) is 0 Å². The minimum Gasteiger partial charge on any atom is -0.0683 e. The third-order valence-corrected chi connectivity index (χ3v) is 4.02. The summed E-state index contributed by atoms with van der Waals surface area (Å²) in [6, 6.07) is 10.6. The van der Waals surface area contributed by atoms with Crippen molar-refractivity contribution >= 4 is 0 Å². The van der Waals surface area contributed by atoms with Crippen LogP contribution in [0.1, 0.15) is 99.5 Å². The van der Waals surface area contributed by atoms with Crippen LogP contribution in [0.25, 0.3) is 0 Å². The molecular formula is C24H46. The van der Waals surface area contributed by atoms with Crippen LogP contribution in [0.4, 0.5) is 0 Å². The highest BCUT2D eigenvalue weighted by Gasteiger charge is 2.13. The molecule has 1 aromatic carbocycles. The summed E-state index contributed by atoms with van der Waals surface area (Å²) in [6.07, 6.45) is 10.2. The molecule has 0 unspecified atom stereocenters. The lowest BCUT2D eigenvalue weighted by Gasteiger charge is -2.22. The van der Waals surface area contributed by atoms with E-state index in [1.54, 1.807) is 0 Å². The molecule has 0 amide bonds. The van der Waals surface area contributed by atoms with E-state index in [4.69, 9.17) is 0 Å². The standard InChI is InChI=1S/C10H20.C10H14.2C2H6/c2*1-9(2)8-10-6-4-3-5-7-10;2*1-2/h9-10H,3-8H2,1-2H3;3-7,9H,8H2,1-2H3;2*1-2H3. The molecule has 1 aliphatic carbocycles. The summed E-state index contributed by atoms with van der Waals surface area (Å²) >= 11 is 0. The first kappa shape index (κ1) is 25.5. The first-order valence-corrected chi connectivity index (χ1v) is 10.6. The molecule has 1 fully saturated rings. The third kappa shape index (κ3) is 16.1. The number of rotatable bonds is 4. The van der Waals surface area contributed by atoms with Crippen LogP contribution in [-0.2, 0) is 6.42 Å². The molecule has 0 heteroatoms. The van der Waals surface area contributed by atoms with Crippen LogP contribution in [-0.4, -0.2) is 0 Å². The summed E-state index contributed by atoms with van der Waals surface area (Å²) in [5, 5.41) is 0. The fraction of sp³-hybridized carbons (Fsp3) is 0.750. The van der Waals surface area contributed by atoms with Crippen molar-refractivity contribution in [1.82, 2.24) is 0 Å². The lowest BCUT2D eigenvalue weighted by atomic mass is 9.84. The Kier molecular flexibility index (Phi) is 19.7. The van der Waals surface area contributed by atoms with Gasteiger partial charge in [-0.05, 0) is 36.2 Å². The van der Waals surface area contributed by atoms with E-state index in [1.807, 2.05) is 27.7 Å². The van der Waals surface area contributed by atoms with Crippen molar-refractivity contribution in [2.24, 2.45) is 17.8 Å². The van der Waals surface area contributed by atoms with E-state index in [0.717, 1.165) is 17.8 Å². The average molecular weight is 335 g/mol. The topological polar surface area (TPSA) is 0 Å². The predicted molar refractivity (Wildman–Crippen MR) is 114 cm³/mol. The van der Waals surface area contributed by atoms with Gasteiger partial charge in [-0.3, -0.25) is 0 Å². The van der Waals surface area contributed by atoms with Gasteiger partial charge in [-0.2, -0.15) is 0 Å². The van der Waals surface area contributed by atoms with E-state index in [1.165, 1.54) is 50.5 Å². The summed E-state index contributed by atoms with van der Waals surface area (Å²) in [6.45, 7) is 17.2. The van der Waals surface area contributed by atoms with Gasteiger partial charge >= 0.3 is 0 Å². The zero-order valence-corrected chi connectivity index (χ0v) is 18.1. The maximum Gasteiger partial charge on any atom is -0.0256 e. The quantitative estimate of drug-likeness (QED) is 0.517. The second kappa shape index (κ2) is 18.6. The fourth-order valence-corrected chi connectivity index (χ4v) is 3.18. The Hall–Kier alpha value is -0.780. The smallest absolute Gasteiger partial charge is 0.0256 e. The second-order valence-electron chi connectivity index (χ2n) is 7.22. The maximum atomic E-state index is 2.34. The lowest BCUT2D eigenvalue weighted by Crippen LogP contribution is -2.08. The van der Waals surface area contributed by atoms with E-state index in [-0.39, 0.29) is 0 Å². The van der Waals surface area contributed by atoms with Gasteiger partial charge in [0, 0.05) is 0 Å². The van der Waals surface area contributed by atoms with Crippen LogP contribution in [0.15, 0.2) is 30.3 Å². The van der Waals surface area contributed by atoms with Crippen molar-refractivity contribution in [3.05, 3.63) is 35.9 Å². The van der Waals surface area contributed by atoms with Gasteiger partial charge in [0.1, 0.15) is 0 Å². The van der Waals surface area contributed by atoms with Crippen molar-refractivity contribution in [3.8, 4) is 0 Å². The summed E-state index contributed by atoms with van der Waals surface area (Å²) in [7, 11) is 0. The third-order valence-electron chi connectivity index (χ3n) is 4.02. The molecule has 2 rings (SSSR count). The average Bonchev–Trinajstić information content (AvgIpc) is 2.60. The summed E-state index contributed by atoms with van der Waals surface area (Å²) in [4.78, 5) is 0. The fourth-order valence-electron chi connectivity index (χ4n) is 3.18. The number of hydrogen-bond acceptors (Lipinski definition) is 0. The van der Waals surface area contributed by atoms with Gasteiger partial charge in [0.25, 0.3) is 0 Å². The molecule has 0 aliphatic heterocycles. The molecule has 0 saturated heterocycles. The van der Waals surface area contributed by atoms with Crippen molar-refractivity contribution < 1.29 is 0 Å². The van der Waals surface area contributed by atoms with Crippen molar-refractivity contribution in [3.63, 3.8) is 0 Å². The minimum absolute atomic E-state index is 0.766.